The second-order valence-corrected chi connectivity index (χ2v) is 4.98. The van der Waals surface area contributed by atoms with E-state index in [0.29, 0.717) is 5.95 Å². The number of aromatic nitrogens is 4. The third kappa shape index (κ3) is 2.24. The van der Waals surface area contributed by atoms with Crippen molar-refractivity contribution in [2.45, 2.75) is 13.0 Å². The van der Waals surface area contributed by atoms with Crippen molar-refractivity contribution >= 4 is 34.1 Å². The van der Waals surface area contributed by atoms with Gasteiger partial charge in [-0.25, -0.2) is 0 Å². The van der Waals surface area contributed by atoms with Crippen LogP contribution in [-0.2, 0) is 0 Å². The standard InChI is InChI=1S/C12H14N6S/c1-7(8-3-4-19-6-8)15-10-9-5-14-18-11(9)17-12(13-2)16-10/h3-7H,1-2H3,(H3,13,14,15,16,17,18). The average Bonchev–Trinajstić information content (AvgIpc) is 3.09. The fourth-order valence-electron chi connectivity index (χ4n) is 1.87. The Bertz CT molecular complexity index is 675. The molecule has 0 bridgehead atoms. The van der Waals surface area contributed by atoms with Crippen LogP contribution in [0.1, 0.15) is 18.5 Å². The van der Waals surface area contributed by atoms with Gasteiger partial charge in [0, 0.05) is 7.05 Å². The summed E-state index contributed by atoms with van der Waals surface area (Å²) in [6.07, 6.45) is 1.73. The second-order valence-electron chi connectivity index (χ2n) is 4.20. The molecule has 1 unspecified atom stereocenters. The van der Waals surface area contributed by atoms with Crippen molar-refractivity contribution in [1.29, 1.82) is 0 Å². The molecule has 98 valence electrons. The first-order valence-corrected chi connectivity index (χ1v) is 6.89. The summed E-state index contributed by atoms with van der Waals surface area (Å²) in [5.74, 6) is 1.35. The number of aromatic amines is 1. The molecule has 3 N–H and O–H groups in total. The Balaban J connectivity index is 1.97. The Morgan fingerprint density at radius 3 is 3.00 bits per heavy atom. The molecule has 6 nitrogen and oxygen atoms in total. The maximum atomic E-state index is 4.45. The Morgan fingerprint density at radius 2 is 2.26 bits per heavy atom. The van der Waals surface area contributed by atoms with Gasteiger partial charge in [-0.05, 0) is 29.3 Å². The van der Waals surface area contributed by atoms with Crippen molar-refractivity contribution in [2.24, 2.45) is 0 Å². The van der Waals surface area contributed by atoms with Gasteiger partial charge in [0.05, 0.1) is 17.6 Å². The van der Waals surface area contributed by atoms with Crippen LogP contribution in [0, 0.1) is 0 Å². The first kappa shape index (κ1) is 11.9. The Labute approximate surface area is 114 Å². The van der Waals surface area contributed by atoms with E-state index in [1.165, 1.54) is 5.56 Å². The van der Waals surface area contributed by atoms with Crippen molar-refractivity contribution in [3.05, 3.63) is 28.6 Å². The molecule has 3 aromatic heterocycles. The zero-order valence-corrected chi connectivity index (χ0v) is 11.5. The normalized spacial score (nSPS) is 12.5. The minimum atomic E-state index is 0.184. The second kappa shape index (κ2) is 4.85. The first-order chi connectivity index (χ1) is 9.28. The maximum Gasteiger partial charge on any atom is 0.226 e. The van der Waals surface area contributed by atoms with E-state index in [4.69, 9.17) is 0 Å². The average molecular weight is 274 g/mol. The van der Waals surface area contributed by atoms with Crippen LogP contribution in [0.25, 0.3) is 11.0 Å². The van der Waals surface area contributed by atoms with E-state index in [-0.39, 0.29) is 6.04 Å². The van der Waals surface area contributed by atoms with Gasteiger partial charge in [0.2, 0.25) is 5.95 Å². The monoisotopic (exact) mass is 274 g/mol. The summed E-state index contributed by atoms with van der Waals surface area (Å²) >= 11 is 1.69. The van der Waals surface area contributed by atoms with Crippen LogP contribution in [0.2, 0.25) is 0 Å². The highest BCUT2D eigenvalue weighted by Gasteiger charge is 2.12. The summed E-state index contributed by atoms with van der Waals surface area (Å²) in [5, 5.41) is 18.3. The number of nitrogens with one attached hydrogen (secondary N) is 3. The summed E-state index contributed by atoms with van der Waals surface area (Å²) in [5.41, 5.74) is 1.96. The predicted molar refractivity (Wildman–Crippen MR) is 77.6 cm³/mol. The molecule has 0 saturated heterocycles. The first-order valence-electron chi connectivity index (χ1n) is 5.95. The molecular formula is C12H14N6S. The largest absolute Gasteiger partial charge is 0.363 e. The molecule has 3 heterocycles. The molecule has 3 rings (SSSR count). The molecule has 0 aliphatic heterocycles. The van der Waals surface area contributed by atoms with E-state index in [1.807, 2.05) is 0 Å². The highest BCUT2D eigenvalue weighted by Crippen LogP contribution is 2.25. The molecule has 0 aliphatic rings. The quantitative estimate of drug-likeness (QED) is 0.681. The summed E-state index contributed by atoms with van der Waals surface area (Å²) in [6.45, 7) is 2.11. The molecule has 19 heavy (non-hydrogen) atoms. The smallest absolute Gasteiger partial charge is 0.226 e. The predicted octanol–water partition coefficient (Wildman–Crippen LogP) is 2.63. The van der Waals surface area contributed by atoms with E-state index in [2.05, 4.69) is 54.5 Å². The van der Waals surface area contributed by atoms with Crippen molar-refractivity contribution in [3.63, 3.8) is 0 Å². The van der Waals surface area contributed by atoms with Gasteiger partial charge < -0.3 is 10.6 Å². The van der Waals surface area contributed by atoms with Gasteiger partial charge in [-0.15, -0.1) is 0 Å². The number of thiophene rings is 1. The summed E-state index contributed by atoms with van der Waals surface area (Å²) in [6, 6.07) is 2.29. The van der Waals surface area contributed by atoms with Gasteiger partial charge in [-0.2, -0.15) is 26.4 Å². The van der Waals surface area contributed by atoms with Gasteiger partial charge >= 0.3 is 0 Å². The lowest BCUT2D eigenvalue weighted by molar-refractivity contribution is 0.881. The van der Waals surface area contributed by atoms with Gasteiger partial charge in [0.15, 0.2) is 5.65 Å². The van der Waals surface area contributed by atoms with E-state index in [9.17, 15) is 0 Å². The molecule has 0 amide bonds. The fourth-order valence-corrected chi connectivity index (χ4v) is 2.62. The maximum absolute atomic E-state index is 4.45. The lowest BCUT2D eigenvalue weighted by Crippen LogP contribution is -2.09. The van der Waals surface area contributed by atoms with Crippen LogP contribution in [0.3, 0.4) is 0 Å². The lowest BCUT2D eigenvalue weighted by atomic mass is 10.2. The van der Waals surface area contributed by atoms with Crippen LogP contribution < -0.4 is 10.6 Å². The number of hydrogen-bond acceptors (Lipinski definition) is 6. The summed E-state index contributed by atoms with van der Waals surface area (Å²) < 4.78 is 0. The van der Waals surface area contributed by atoms with Gasteiger partial charge in [-0.1, -0.05) is 0 Å². The van der Waals surface area contributed by atoms with Crippen molar-refractivity contribution in [3.8, 4) is 0 Å². The number of rotatable bonds is 4. The minimum absolute atomic E-state index is 0.184. The van der Waals surface area contributed by atoms with Crippen LogP contribution >= 0.6 is 11.3 Å². The highest BCUT2D eigenvalue weighted by molar-refractivity contribution is 7.07. The van der Waals surface area contributed by atoms with Gasteiger partial charge in [0.1, 0.15) is 5.82 Å². The third-order valence-electron chi connectivity index (χ3n) is 2.93. The molecule has 0 saturated carbocycles. The zero-order chi connectivity index (χ0) is 13.2. The number of nitrogens with zero attached hydrogens (tertiary/aromatic N) is 3. The van der Waals surface area contributed by atoms with Crippen molar-refractivity contribution in [1.82, 2.24) is 20.2 Å². The minimum Gasteiger partial charge on any atom is -0.363 e. The van der Waals surface area contributed by atoms with Crippen LogP contribution in [-0.4, -0.2) is 27.2 Å². The Hall–Kier alpha value is -2.15. The third-order valence-corrected chi connectivity index (χ3v) is 3.63. The van der Waals surface area contributed by atoms with Crippen LogP contribution in [0.5, 0.6) is 0 Å². The van der Waals surface area contributed by atoms with Crippen LogP contribution in [0.4, 0.5) is 11.8 Å². The molecule has 0 radical (unpaired) electrons. The highest BCUT2D eigenvalue weighted by atomic mass is 32.1. The Kier molecular flexibility index (Phi) is 3.04. The molecular weight excluding hydrogens is 260 g/mol. The Morgan fingerprint density at radius 1 is 1.37 bits per heavy atom. The molecule has 0 aromatic carbocycles. The molecule has 7 heteroatoms. The van der Waals surface area contributed by atoms with Crippen LogP contribution in [0.15, 0.2) is 23.0 Å². The molecule has 0 aliphatic carbocycles. The van der Waals surface area contributed by atoms with E-state index < -0.39 is 0 Å². The molecule has 0 fully saturated rings. The molecule has 1 atom stereocenters. The van der Waals surface area contributed by atoms with Gasteiger partial charge in [0.25, 0.3) is 0 Å². The van der Waals surface area contributed by atoms with E-state index >= 15 is 0 Å². The van der Waals surface area contributed by atoms with Crippen molar-refractivity contribution < 1.29 is 0 Å². The summed E-state index contributed by atoms with van der Waals surface area (Å²) in [7, 11) is 1.80. The lowest BCUT2D eigenvalue weighted by Gasteiger charge is -2.14. The van der Waals surface area contributed by atoms with E-state index in [0.717, 1.165) is 16.9 Å². The summed E-state index contributed by atoms with van der Waals surface area (Å²) in [4.78, 5) is 8.76. The fraction of sp³-hybridized carbons (Fsp3) is 0.250. The molecule has 3 aromatic rings. The van der Waals surface area contributed by atoms with E-state index in [1.54, 1.807) is 24.6 Å². The van der Waals surface area contributed by atoms with Gasteiger partial charge in [-0.3, -0.25) is 5.10 Å². The molecule has 0 spiro atoms. The number of H-pyrrole nitrogens is 1. The topological polar surface area (TPSA) is 78.5 Å². The number of anilines is 2. The number of hydrogen-bond donors (Lipinski definition) is 3. The van der Waals surface area contributed by atoms with Crippen molar-refractivity contribution in [2.75, 3.05) is 17.7 Å². The SMILES string of the molecule is CNc1nc(NC(C)c2ccsc2)c2cn[nH]c2n1. The zero-order valence-electron chi connectivity index (χ0n) is 10.6. The number of fused-ring (bicyclic) bond motifs is 1.